The van der Waals surface area contributed by atoms with Gasteiger partial charge in [0.15, 0.2) is 0 Å². The van der Waals surface area contributed by atoms with Crippen LogP contribution >= 0.6 is 0 Å². The highest BCUT2D eigenvalue weighted by Gasteiger charge is 2.48. The van der Waals surface area contributed by atoms with Crippen molar-refractivity contribution in [1.29, 1.82) is 0 Å². The van der Waals surface area contributed by atoms with E-state index in [0.29, 0.717) is 19.8 Å². The highest BCUT2D eigenvalue weighted by atomic mass is 32.9. The molecule has 16 heavy (non-hydrogen) atoms. The third kappa shape index (κ3) is 5.64. The molecule has 0 radical (unpaired) electrons. The van der Waals surface area contributed by atoms with Crippen molar-refractivity contribution in [3.8, 4) is 0 Å². The molecule has 0 aromatic rings. The lowest BCUT2D eigenvalue weighted by atomic mass is 10.9. The van der Waals surface area contributed by atoms with Crippen LogP contribution in [-0.2, 0) is 41.6 Å². The van der Waals surface area contributed by atoms with Crippen molar-refractivity contribution in [2.75, 3.05) is 26.9 Å². The molecular weight excluding hydrogens is 272 g/mol. The molecule has 0 heterocycles. The Hall–Kier alpha value is 0.387. The molecule has 0 spiro atoms. The zero-order valence-electron chi connectivity index (χ0n) is 9.89. The summed E-state index contributed by atoms with van der Waals surface area (Å²) >= 11 is 4.61. The lowest BCUT2D eigenvalue weighted by Gasteiger charge is -2.26. The second-order valence-electron chi connectivity index (χ2n) is 2.46. The zero-order valence-corrected chi connectivity index (χ0v) is 12.5. The van der Waals surface area contributed by atoms with E-state index in [4.69, 9.17) is 17.2 Å². The van der Waals surface area contributed by atoms with Crippen LogP contribution in [0.2, 0.25) is 0 Å². The average molecular weight is 290 g/mol. The van der Waals surface area contributed by atoms with Gasteiger partial charge in [-0.1, -0.05) is 0 Å². The highest BCUT2D eigenvalue weighted by Crippen LogP contribution is 2.16. The molecule has 0 amide bonds. The first-order valence-corrected chi connectivity index (χ1v) is 8.85. The molecular formula is C7H18O6S2Si. The van der Waals surface area contributed by atoms with Gasteiger partial charge in [0.1, 0.15) is 0 Å². The average Bonchev–Trinajstić information content (AvgIpc) is 2.18. The van der Waals surface area contributed by atoms with Crippen LogP contribution in [0.5, 0.6) is 0 Å². The molecule has 0 N–H and O–H groups in total. The Kier molecular flexibility index (Phi) is 7.85. The summed E-state index contributed by atoms with van der Waals surface area (Å²) in [4.78, 5) is 0. The lowest BCUT2D eigenvalue weighted by molar-refractivity contribution is 0.0105. The van der Waals surface area contributed by atoms with E-state index < -0.39 is 18.1 Å². The fraction of sp³-hybridized carbons (Fsp3) is 1.00. The van der Waals surface area contributed by atoms with Crippen molar-refractivity contribution in [2.24, 2.45) is 0 Å². The molecule has 98 valence electrons. The van der Waals surface area contributed by atoms with Crippen LogP contribution in [0.4, 0.5) is 0 Å². The quantitative estimate of drug-likeness (QED) is 0.581. The monoisotopic (exact) mass is 290 g/mol. The molecule has 1 atom stereocenters. The summed E-state index contributed by atoms with van der Waals surface area (Å²) in [7, 11) is -5.59. The van der Waals surface area contributed by atoms with Crippen LogP contribution in [-0.4, -0.2) is 40.2 Å². The van der Waals surface area contributed by atoms with E-state index in [9.17, 15) is 4.21 Å². The molecule has 6 nitrogen and oxygen atoms in total. The van der Waals surface area contributed by atoms with Crippen molar-refractivity contribution in [2.45, 2.75) is 20.8 Å². The van der Waals surface area contributed by atoms with Crippen molar-refractivity contribution in [1.82, 2.24) is 0 Å². The number of hydrogen-bond acceptors (Lipinski definition) is 7. The van der Waals surface area contributed by atoms with Gasteiger partial charge < -0.3 is 13.3 Å². The van der Waals surface area contributed by atoms with Gasteiger partial charge in [-0.15, -0.1) is 0 Å². The Morgan fingerprint density at radius 1 is 1.06 bits per heavy atom. The number of hydrogen-bond donors (Lipinski definition) is 0. The predicted octanol–water partition coefficient (Wildman–Crippen LogP) is 0.771. The van der Waals surface area contributed by atoms with Crippen LogP contribution < -0.4 is 0 Å². The van der Waals surface area contributed by atoms with Crippen molar-refractivity contribution in [3.63, 3.8) is 0 Å². The summed E-state index contributed by atoms with van der Waals surface area (Å²) in [6.07, 6.45) is 0. The number of rotatable bonds is 9. The van der Waals surface area contributed by atoms with Gasteiger partial charge >= 0.3 is 9.05 Å². The third-order valence-electron chi connectivity index (χ3n) is 1.37. The standard InChI is InChI=1S/C7H18O6S2Si/c1-5-10-16(11-6-2,12-7-3)13-15(8,14)9-4/h5-7H2,1-4H3. The fourth-order valence-electron chi connectivity index (χ4n) is 0.887. The molecule has 0 aliphatic rings. The van der Waals surface area contributed by atoms with E-state index >= 15 is 0 Å². The van der Waals surface area contributed by atoms with Gasteiger partial charge in [-0.25, -0.2) is 3.87 Å². The molecule has 1 unspecified atom stereocenters. The summed E-state index contributed by atoms with van der Waals surface area (Å²) in [5.41, 5.74) is 0. The minimum absolute atomic E-state index is 0.306. The molecule has 0 saturated carbocycles. The molecule has 0 aliphatic carbocycles. The second kappa shape index (κ2) is 7.66. The van der Waals surface area contributed by atoms with Gasteiger partial charge in [-0.3, -0.25) is 4.18 Å². The van der Waals surface area contributed by atoms with Gasteiger partial charge in [-0.05, 0) is 20.8 Å². The van der Waals surface area contributed by atoms with Gasteiger partial charge in [0, 0.05) is 31.0 Å². The van der Waals surface area contributed by atoms with Crippen molar-refractivity contribution in [3.05, 3.63) is 0 Å². The van der Waals surface area contributed by atoms with E-state index in [1.54, 1.807) is 20.8 Å². The molecule has 0 rings (SSSR count). The SMILES string of the molecule is CCO[Si](OCC)(OCC)OS(=O)(=S)OC. The Morgan fingerprint density at radius 2 is 1.44 bits per heavy atom. The largest absolute Gasteiger partial charge is 0.694 e. The third-order valence-corrected chi connectivity index (χ3v) is 6.36. The summed E-state index contributed by atoms with van der Waals surface area (Å²) in [6.45, 7) is 6.17. The minimum Gasteiger partial charge on any atom is -0.351 e. The summed E-state index contributed by atoms with van der Waals surface area (Å²) in [6, 6.07) is 0. The summed E-state index contributed by atoms with van der Waals surface area (Å²) < 4.78 is 37.1. The molecule has 0 aliphatic heterocycles. The van der Waals surface area contributed by atoms with Gasteiger partial charge in [0.25, 0.3) is 9.05 Å². The van der Waals surface area contributed by atoms with E-state index in [0.717, 1.165) is 0 Å². The first kappa shape index (κ1) is 16.4. The predicted molar refractivity (Wildman–Crippen MR) is 64.2 cm³/mol. The Bertz CT molecular complexity index is 264. The fourth-order valence-corrected chi connectivity index (χ4v) is 4.80. The first-order chi connectivity index (χ1) is 7.45. The van der Waals surface area contributed by atoms with Crippen molar-refractivity contribution < 1.29 is 25.5 Å². The van der Waals surface area contributed by atoms with Crippen LogP contribution in [0, 0.1) is 0 Å². The molecule has 0 aromatic carbocycles. The highest BCUT2D eigenvalue weighted by molar-refractivity contribution is 8.27. The molecule has 0 fully saturated rings. The normalized spacial score (nSPS) is 16.0. The van der Waals surface area contributed by atoms with Crippen LogP contribution in [0.25, 0.3) is 0 Å². The molecule has 0 bridgehead atoms. The Balaban J connectivity index is 4.85. The van der Waals surface area contributed by atoms with Gasteiger partial charge in [0.05, 0.1) is 7.11 Å². The maximum atomic E-state index is 11.6. The van der Waals surface area contributed by atoms with Crippen LogP contribution in [0.3, 0.4) is 0 Å². The lowest BCUT2D eigenvalue weighted by Crippen LogP contribution is -2.50. The second-order valence-corrected chi connectivity index (χ2v) is 7.36. The van der Waals surface area contributed by atoms with Crippen LogP contribution in [0.1, 0.15) is 20.8 Å². The first-order valence-electron chi connectivity index (χ1n) is 4.88. The summed E-state index contributed by atoms with van der Waals surface area (Å²) in [5, 5.41) is 0. The zero-order chi connectivity index (χ0) is 12.7. The van der Waals surface area contributed by atoms with E-state index in [1.807, 2.05) is 0 Å². The van der Waals surface area contributed by atoms with Crippen molar-refractivity contribution >= 4 is 29.3 Å². The van der Waals surface area contributed by atoms with Gasteiger partial charge in [0.2, 0.25) is 0 Å². The smallest absolute Gasteiger partial charge is 0.351 e. The van der Waals surface area contributed by atoms with Crippen LogP contribution in [0.15, 0.2) is 0 Å². The maximum Gasteiger partial charge on any atom is 0.694 e. The van der Waals surface area contributed by atoms with Gasteiger partial charge in [-0.2, -0.15) is 4.21 Å². The van der Waals surface area contributed by atoms with E-state index in [2.05, 4.69) is 15.4 Å². The van der Waals surface area contributed by atoms with E-state index in [1.165, 1.54) is 7.11 Å². The Labute approximate surface area is 103 Å². The topological polar surface area (TPSA) is 63.2 Å². The molecule has 9 heteroatoms. The Morgan fingerprint density at radius 3 is 1.69 bits per heavy atom. The minimum atomic E-state index is -3.46. The summed E-state index contributed by atoms with van der Waals surface area (Å²) in [5.74, 6) is 0. The molecule has 0 aromatic heterocycles. The van der Waals surface area contributed by atoms with E-state index in [-0.39, 0.29) is 0 Å². The maximum absolute atomic E-state index is 11.6. The molecule has 0 saturated heterocycles.